The fraction of sp³-hybridized carbons (Fsp3) is 0.579. The van der Waals surface area contributed by atoms with Crippen molar-refractivity contribution in [2.75, 3.05) is 0 Å². The van der Waals surface area contributed by atoms with Gasteiger partial charge in [0.25, 0.3) is 0 Å². The van der Waals surface area contributed by atoms with Gasteiger partial charge >= 0.3 is 6.36 Å². The molecular weight excluding hydrogens is 345 g/mol. The van der Waals surface area contributed by atoms with Gasteiger partial charge in [0, 0.05) is 14.4 Å². The predicted molar refractivity (Wildman–Crippen MR) is 95.2 cm³/mol. The first-order valence-electron chi connectivity index (χ1n) is 8.91. The number of hydrogen-bond acceptors (Lipinski definition) is 2. The minimum Gasteiger partial charge on any atom is -0.406 e. The molecule has 1 aromatic carbocycles. The Morgan fingerprint density at radius 3 is 2.44 bits per heavy atom. The van der Waals surface area contributed by atoms with Crippen molar-refractivity contribution in [3.05, 3.63) is 29.8 Å². The molecule has 0 aliphatic carbocycles. The van der Waals surface area contributed by atoms with Crippen molar-refractivity contribution in [2.45, 2.75) is 63.2 Å². The fourth-order valence-corrected chi connectivity index (χ4v) is 7.01. The molecule has 0 amide bonds. The summed E-state index contributed by atoms with van der Waals surface area (Å²) >= 11 is 0. The van der Waals surface area contributed by atoms with Gasteiger partial charge in [-0.1, -0.05) is 56.2 Å². The molecule has 1 saturated heterocycles. The molecule has 2 nitrogen and oxygen atoms in total. The van der Waals surface area contributed by atoms with Crippen LogP contribution >= 0.6 is 0 Å². The summed E-state index contributed by atoms with van der Waals surface area (Å²) in [4.78, 5) is 0. The first-order valence-corrected chi connectivity index (χ1v) is 11.4. The predicted octanol–water partition coefficient (Wildman–Crippen LogP) is 4.73. The van der Waals surface area contributed by atoms with Gasteiger partial charge in [0.1, 0.15) is 11.9 Å². The number of aliphatic hydroxyl groups excluding tert-OH is 1. The summed E-state index contributed by atoms with van der Waals surface area (Å²) in [5.41, 5.74) is 0.563. The Hall–Kier alpha value is -1.45. The molecule has 1 heterocycles. The van der Waals surface area contributed by atoms with Gasteiger partial charge in [-0.25, -0.2) is 0 Å². The zero-order chi connectivity index (χ0) is 18.3. The number of hydrogen-bond donors (Lipinski definition) is 1. The van der Waals surface area contributed by atoms with Crippen LogP contribution in [0.4, 0.5) is 13.2 Å². The van der Waals surface area contributed by atoms with E-state index >= 15 is 0 Å². The molecule has 138 valence electrons. The van der Waals surface area contributed by atoms with E-state index in [1.165, 1.54) is 61.7 Å². The molecule has 1 unspecified atom stereocenters. The van der Waals surface area contributed by atoms with E-state index in [9.17, 15) is 18.3 Å². The topological polar surface area (TPSA) is 29.5 Å². The van der Waals surface area contributed by atoms with E-state index in [4.69, 9.17) is 0 Å². The van der Waals surface area contributed by atoms with Gasteiger partial charge in [-0.05, 0) is 36.6 Å². The SMILES string of the molecule is CCC[Si@H]1CC[C@H](CC(O)C#Cc2ccc(OC(F)(F)F)cc2)CC1. The van der Waals surface area contributed by atoms with Crippen LogP contribution in [0, 0.1) is 17.8 Å². The van der Waals surface area contributed by atoms with Crippen LogP contribution in [0.25, 0.3) is 0 Å². The number of halogens is 3. The lowest BCUT2D eigenvalue weighted by Crippen LogP contribution is -2.23. The molecule has 0 bridgehead atoms. The molecule has 1 aliphatic rings. The Labute approximate surface area is 149 Å². The molecule has 1 atom stereocenters. The Balaban J connectivity index is 1.80. The maximum Gasteiger partial charge on any atom is 0.573 e. The Morgan fingerprint density at radius 2 is 1.88 bits per heavy atom. The van der Waals surface area contributed by atoms with E-state index < -0.39 is 21.3 Å². The van der Waals surface area contributed by atoms with Gasteiger partial charge in [0.05, 0.1) is 0 Å². The minimum absolute atomic E-state index is 0.272. The van der Waals surface area contributed by atoms with Gasteiger partial charge < -0.3 is 9.84 Å². The summed E-state index contributed by atoms with van der Waals surface area (Å²) in [6, 6.07) is 9.56. The highest BCUT2D eigenvalue weighted by atomic mass is 28.3. The minimum atomic E-state index is -4.69. The molecule has 0 radical (unpaired) electrons. The van der Waals surface area contributed by atoms with Crippen LogP contribution in [0.5, 0.6) is 5.75 Å². The van der Waals surface area contributed by atoms with Crippen molar-refractivity contribution in [3.8, 4) is 17.6 Å². The van der Waals surface area contributed by atoms with Crippen LogP contribution in [0.3, 0.4) is 0 Å². The number of aliphatic hydroxyl groups is 1. The number of benzene rings is 1. The van der Waals surface area contributed by atoms with E-state index in [1.54, 1.807) is 0 Å². The van der Waals surface area contributed by atoms with Crippen molar-refractivity contribution in [2.24, 2.45) is 5.92 Å². The Kier molecular flexibility index (Phi) is 7.39. The Bertz CT molecular complexity index is 581. The fourth-order valence-electron chi connectivity index (χ4n) is 3.45. The van der Waals surface area contributed by atoms with Crippen molar-refractivity contribution < 1.29 is 23.0 Å². The summed E-state index contributed by atoms with van der Waals surface area (Å²) in [6.07, 6.45) is -0.973. The van der Waals surface area contributed by atoms with Gasteiger partial charge in [-0.15, -0.1) is 13.2 Å². The van der Waals surface area contributed by atoms with Gasteiger partial charge in [0.2, 0.25) is 0 Å². The molecule has 25 heavy (non-hydrogen) atoms. The highest BCUT2D eigenvalue weighted by molar-refractivity contribution is 6.58. The molecular formula is C19H25F3O2Si. The van der Waals surface area contributed by atoms with Crippen molar-refractivity contribution in [3.63, 3.8) is 0 Å². The van der Waals surface area contributed by atoms with Crippen LogP contribution in [0.1, 0.15) is 38.2 Å². The average molecular weight is 370 g/mol. The van der Waals surface area contributed by atoms with Crippen LogP contribution in [-0.2, 0) is 0 Å². The Morgan fingerprint density at radius 1 is 1.24 bits per heavy atom. The number of rotatable bonds is 5. The second kappa shape index (κ2) is 9.30. The maximum atomic E-state index is 12.1. The highest BCUT2D eigenvalue weighted by Gasteiger charge is 2.30. The van der Waals surface area contributed by atoms with Gasteiger partial charge in [0.15, 0.2) is 0 Å². The van der Waals surface area contributed by atoms with Crippen molar-refractivity contribution in [1.29, 1.82) is 0 Å². The first kappa shape index (κ1) is 19.9. The lowest BCUT2D eigenvalue weighted by Gasteiger charge is -2.27. The van der Waals surface area contributed by atoms with Crippen LogP contribution in [-0.4, -0.2) is 26.4 Å². The standard InChI is InChI=1S/C19H25F3O2Si/c1-2-11-25-12-9-16(10-13-25)14-17(23)6-3-15-4-7-18(8-5-15)24-19(20,21)22/h4-5,7-8,16-17,23,25H,2,9-14H2,1H3/t16-,17?,25-. The largest absolute Gasteiger partial charge is 0.573 e. The molecule has 0 saturated carbocycles. The summed E-state index contributed by atoms with van der Waals surface area (Å²) in [6.45, 7) is 2.25. The molecule has 2 rings (SSSR count). The number of ether oxygens (including phenoxy) is 1. The van der Waals surface area contributed by atoms with Gasteiger partial charge in [-0.2, -0.15) is 0 Å². The normalized spacial score (nSPS) is 22.0. The molecule has 1 aliphatic heterocycles. The van der Waals surface area contributed by atoms with E-state index in [0.717, 1.165) is 0 Å². The van der Waals surface area contributed by atoms with Gasteiger partial charge in [-0.3, -0.25) is 0 Å². The lowest BCUT2D eigenvalue weighted by atomic mass is 9.95. The molecule has 1 fully saturated rings. The van der Waals surface area contributed by atoms with Crippen LogP contribution in [0.15, 0.2) is 24.3 Å². The summed E-state index contributed by atoms with van der Waals surface area (Å²) in [7, 11) is -0.505. The van der Waals surface area contributed by atoms with Crippen molar-refractivity contribution in [1.82, 2.24) is 0 Å². The molecule has 0 spiro atoms. The van der Waals surface area contributed by atoms with Crippen LogP contribution < -0.4 is 4.74 Å². The second-order valence-electron chi connectivity index (χ2n) is 6.77. The molecule has 1 aromatic rings. The number of alkyl halides is 3. The molecule has 0 aromatic heterocycles. The third-order valence-corrected chi connectivity index (χ3v) is 8.38. The highest BCUT2D eigenvalue weighted by Crippen LogP contribution is 2.30. The van der Waals surface area contributed by atoms with E-state index in [2.05, 4.69) is 23.5 Å². The molecule has 1 N–H and O–H groups in total. The average Bonchev–Trinajstić information content (AvgIpc) is 2.55. The zero-order valence-corrected chi connectivity index (χ0v) is 15.6. The summed E-state index contributed by atoms with van der Waals surface area (Å²) in [5, 5.41) is 10.1. The summed E-state index contributed by atoms with van der Waals surface area (Å²) in [5.74, 6) is 5.91. The lowest BCUT2D eigenvalue weighted by molar-refractivity contribution is -0.274. The maximum absolute atomic E-state index is 12.1. The van der Waals surface area contributed by atoms with Crippen molar-refractivity contribution >= 4 is 8.80 Å². The third kappa shape index (κ3) is 7.53. The van der Waals surface area contributed by atoms with E-state index in [0.29, 0.717) is 17.9 Å². The summed E-state index contributed by atoms with van der Waals surface area (Å²) < 4.78 is 40.1. The van der Waals surface area contributed by atoms with E-state index in [-0.39, 0.29) is 5.75 Å². The molecule has 6 heteroatoms. The third-order valence-electron chi connectivity index (χ3n) is 4.69. The zero-order valence-electron chi connectivity index (χ0n) is 14.5. The second-order valence-corrected chi connectivity index (χ2v) is 10.2. The quantitative estimate of drug-likeness (QED) is 0.599. The first-order chi connectivity index (χ1) is 11.9. The smallest absolute Gasteiger partial charge is 0.406 e. The van der Waals surface area contributed by atoms with E-state index in [1.807, 2.05) is 0 Å². The monoisotopic (exact) mass is 370 g/mol. The van der Waals surface area contributed by atoms with Crippen LogP contribution in [0.2, 0.25) is 18.1 Å².